The number of carbonyl (C=O) groups excluding carboxylic acids is 1. The van der Waals surface area contributed by atoms with Crippen LogP contribution in [0.4, 0.5) is 0 Å². The minimum absolute atomic E-state index is 0.160. The Labute approximate surface area is 118 Å². The van der Waals surface area contributed by atoms with Crippen LogP contribution in [0, 0.1) is 0 Å². The molecule has 2 N–H and O–H groups in total. The Morgan fingerprint density at radius 2 is 2.47 bits per heavy atom. The zero-order valence-corrected chi connectivity index (χ0v) is 12.2. The zero-order valence-electron chi connectivity index (χ0n) is 11.4. The molecule has 0 saturated carbocycles. The predicted octanol–water partition coefficient (Wildman–Crippen LogP) is 1.38. The van der Waals surface area contributed by atoms with E-state index in [0.717, 1.165) is 25.9 Å². The van der Waals surface area contributed by atoms with Crippen molar-refractivity contribution in [2.75, 3.05) is 19.7 Å². The molecule has 1 aromatic heterocycles. The molecule has 0 radical (unpaired) electrons. The lowest BCUT2D eigenvalue weighted by molar-refractivity contribution is -0.131. The number of nitrogens with one attached hydrogen (secondary N) is 1. The van der Waals surface area contributed by atoms with Gasteiger partial charge in [0.15, 0.2) is 0 Å². The first-order valence-electron chi connectivity index (χ1n) is 6.91. The van der Waals surface area contributed by atoms with Crippen LogP contribution in [0.5, 0.6) is 0 Å². The normalized spacial score (nSPS) is 16.2. The van der Waals surface area contributed by atoms with Crippen LogP contribution in [0.3, 0.4) is 0 Å². The van der Waals surface area contributed by atoms with Crippen LogP contribution in [0.1, 0.15) is 30.2 Å². The number of hydrogen-bond donors (Lipinski definition) is 2. The Bertz CT molecular complexity index is 419. The molecular weight excluding hydrogens is 260 g/mol. The highest BCUT2D eigenvalue weighted by molar-refractivity contribution is 7.10. The minimum atomic E-state index is 0.160. The molecular formula is C14H22N2O2S. The second-order valence-electron chi connectivity index (χ2n) is 4.93. The van der Waals surface area contributed by atoms with E-state index in [2.05, 4.69) is 23.7 Å². The highest BCUT2D eigenvalue weighted by Gasteiger charge is 2.21. The van der Waals surface area contributed by atoms with Gasteiger partial charge in [-0.3, -0.25) is 4.79 Å². The van der Waals surface area contributed by atoms with Gasteiger partial charge in [-0.15, -0.1) is 11.3 Å². The van der Waals surface area contributed by atoms with Crippen molar-refractivity contribution in [1.82, 2.24) is 10.2 Å². The maximum absolute atomic E-state index is 12.2. The Morgan fingerprint density at radius 1 is 1.63 bits per heavy atom. The fourth-order valence-corrected chi connectivity index (χ4v) is 3.30. The lowest BCUT2D eigenvalue weighted by atomic mass is 10.1. The first-order chi connectivity index (χ1) is 9.24. The number of fused-ring (bicyclic) bond motifs is 1. The molecule has 0 saturated heterocycles. The van der Waals surface area contributed by atoms with Crippen molar-refractivity contribution >= 4 is 17.2 Å². The summed E-state index contributed by atoms with van der Waals surface area (Å²) in [5.74, 6) is 0.160. The first kappa shape index (κ1) is 14.5. The monoisotopic (exact) mass is 282 g/mol. The summed E-state index contributed by atoms with van der Waals surface area (Å²) in [5.41, 5.74) is 1.30. The van der Waals surface area contributed by atoms with E-state index in [1.54, 1.807) is 11.3 Å². The number of hydrogen-bond acceptors (Lipinski definition) is 4. The summed E-state index contributed by atoms with van der Waals surface area (Å²) in [6, 6.07) is 2.35. The van der Waals surface area contributed by atoms with Crippen LogP contribution in [-0.4, -0.2) is 41.7 Å². The molecule has 1 amide bonds. The lowest BCUT2D eigenvalue weighted by Gasteiger charge is -2.28. The van der Waals surface area contributed by atoms with Crippen molar-refractivity contribution < 1.29 is 9.90 Å². The van der Waals surface area contributed by atoms with E-state index >= 15 is 0 Å². The van der Waals surface area contributed by atoms with Crippen LogP contribution in [0.25, 0.3) is 0 Å². The SMILES string of the molecule is CCC(CCO)NCC(=O)N1CCc2sccc2C1. The second-order valence-corrected chi connectivity index (χ2v) is 5.93. The fraction of sp³-hybridized carbons (Fsp3) is 0.643. The van der Waals surface area contributed by atoms with E-state index in [1.807, 2.05) is 4.90 Å². The van der Waals surface area contributed by atoms with Crippen LogP contribution in [0.15, 0.2) is 11.4 Å². The highest BCUT2D eigenvalue weighted by atomic mass is 32.1. The first-order valence-corrected chi connectivity index (χ1v) is 7.79. The standard InChI is InChI=1S/C14H22N2O2S/c1-2-12(4-7-17)15-9-14(18)16-6-3-13-11(10-16)5-8-19-13/h5,8,12,15,17H,2-4,6-7,9-10H2,1H3. The molecule has 0 aliphatic carbocycles. The molecule has 5 heteroatoms. The molecule has 2 heterocycles. The number of aliphatic hydroxyl groups is 1. The molecule has 1 atom stereocenters. The van der Waals surface area contributed by atoms with Gasteiger partial charge < -0.3 is 15.3 Å². The molecule has 2 rings (SSSR count). The van der Waals surface area contributed by atoms with Crippen molar-refractivity contribution in [2.45, 2.75) is 38.8 Å². The lowest BCUT2D eigenvalue weighted by Crippen LogP contribution is -2.43. The van der Waals surface area contributed by atoms with Gasteiger partial charge in [-0.25, -0.2) is 0 Å². The van der Waals surface area contributed by atoms with Gasteiger partial charge in [0.05, 0.1) is 6.54 Å². The van der Waals surface area contributed by atoms with Gasteiger partial charge in [-0.1, -0.05) is 6.92 Å². The summed E-state index contributed by atoms with van der Waals surface area (Å²) in [5, 5.41) is 14.3. The second kappa shape index (κ2) is 7.03. The van der Waals surface area contributed by atoms with E-state index in [4.69, 9.17) is 5.11 Å². The van der Waals surface area contributed by atoms with E-state index in [1.165, 1.54) is 10.4 Å². The van der Waals surface area contributed by atoms with Crippen LogP contribution in [0.2, 0.25) is 0 Å². The molecule has 0 spiro atoms. The smallest absolute Gasteiger partial charge is 0.236 e. The number of rotatable bonds is 6. The Hall–Kier alpha value is -0.910. The third-order valence-corrected chi connectivity index (χ3v) is 4.70. The number of aliphatic hydroxyl groups excluding tert-OH is 1. The third kappa shape index (κ3) is 3.78. The van der Waals surface area contributed by atoms with Gasteiger partial charge >= 0.3 is 0 Å². The molecule has 1 aliphatic heterocycles. The summed E-state index contributed by atoms with van der Waals surface area (Å²) in [6.07, 6.45) is 2.62. The maximum atomic E-state index is 12.2. The molecule has 4 nitrogen and oxygen atoms in total. The summed E-state index contributed by atoms with van der Waals surface area (Å²) in [7, 11) is 0. The molecule has 1 aliphatic rings. The van der Waals surface area contributed by atoms with Crippen molar-refractivity contribution in [2.24, 2.45) is 0 Å². The zero-order chi connectivity index (χ0) is 13.7. The van der Waals surface area contributed by atoms with E-state index in [9.17, 15) is 4.79 Å². The van der Waals surface area contributed by atoms with Crippen molar-refractivity contribution in [3.05, 3.63) is 21.9 Å². The predicted molar refractivity (Wildman–Crippen MR) is 77.2 cm³/mol. The molecule has 1 aromatic rings. The average Bonchev–Trinajstić information content (AvgIpc) is 2.90. The summed E-state index contributed by atoms with van der Waals surface area (Å²) >= 11 is 1.79. The summed E-state index contributed by atoms with van der Waals surface area (Å²) in [4.78, 5) is 15.5. The molecule has 0 aromatic carbocycles. The Kier molecular flexibility index (Phi) is 5.36. The number of amides is 1. The quantitative estimate of drug-likeness (QED) is 0.829. The van der Waals surface area contributed by atoms with Crippen molar-refractivity contribution in [3.63, 3.8) is 0 Å². The van der Waals surface area contributed by atoms with Gasteiger partial charge in [0.2, 0.25) is 5.91 Å². The molecule has 106 valence electrons. The minimum Gasteiger partial charge on any atom is -0.396 e. The molecule has 1 unspecified atom stereocenters. The van der Waals surface area contributed by atoms with E-state index < -0.39 is 0 Å². The van der Waals surface area contributed by atoms with Crippen LogP contribution in [-0.2, 0) is 17.8 Å². The van der Waals surface area contributed by atoms with Gasteiger partial charge in [-0.05, 0) is 36.3 Å². The van der Waals surface area contributed by atoms with Crippen molar-refractivity contribution in [3.8, 4) is 0 Å². The molecule has 19 heavy (non-hydrogen) atoms. The van der Waals surface area contributed by atoms with Crippen molar-refractivity contribution in [1.29, 1.82) is 0 Å². The van der Waals surface area contributed by atoms with Gasteiger partial charge in [-0.2, -0.15) is 0 Å². The van der Waals surface area contributed by atoms with Crippen LogP contribution >= 0.6 is 11.3 Å². The largest absolute Gasteiger partial charge is 0.396 e. The maximum Gasteiger partial charge on any atom is 0.236 e. The molecule has 0 fully saturated rings. The Morgan fingerprint density at radius 3 is 3.21 bits per heavy atom. The van der Waals surface area contributed by atoms with Gasteiger partial charge in [0.1, 0.15) is 0 Å². The third-order valence-electron chi connectivity index (χ3n) is 3.67. The molecule has 0 bridgehead atoms. The number of nitrogens with zero attached hydrogens (tertiary/aromatic N) is 1. The average molecular weight is 282 g/mol. The van der Waals surface area contributed by atoms with E-state index in [-0.39, 0.29) is 18.6 Å². The number of carbonyl (C=O) groups is 1. The summed E-state index contributed by atoms with van der Waals surface area (Å²) in [6.45, 7) is 4.18. The topological polar surface area (TPSA) is 52.6 Å². The number of thiophene rings is 1. The van der Waals surface area contributed by atoms with E-state index in [0.29, 0.717) is 13.0 Å². The van der Waals surface area contributed by atoms with Crippen LogP contribution < -0.4 is 5.32 Å². The van der Waals surface area contributed by atoms with Gasteiger partial charge in [0, 0.05) is 30.6 Å². The summed E-state index contributed by atoms with van der Waals surface area (Å²) < 4.78 is 0. The highest BCUT2D eigenvalue weighted by Crippen LogP contribution is 2.23. The Balaban J connectivity index is 1.81. The fourth-order valence-electron chi connectivity index (χ4n) is 2.41. The van der Waals surface area contributed by atoms with Gasteiger partial charge in [0.25, 0.3) is 0 Å².